The summed E-state index contributed by atoms with van der Waals surface area (Å²) in [6.07, 6.45) is 0.418. The summed E-state index contributed by atoms with van der Waals surface area (Å²) in [5.41, 5.74) is 5.40. The van der Waals surface area contributed by atoms with E-state index in [1.165, 1.54) is 0 Å². The van der Waals surface area contributed by atoms with E-state index in [-0.39, 0.29) is 12.5 Å². The van der Waals surface area contributed by atoms with E-state index in [0.29, 0.717) is 28.5 Å². The molecular formula is C12H14Cl2N2O2. The number of amides is 1. The molecule has 0 radical (unpaired) electrons. The summed E-state index contributed by atoms with van der Waals surface area (Å²) in [5, 5.41) is 13.3. The molecular weight excluding hydrogens is 275 g/mol. The molecule has 1 saturated carbocycles. The van der Waals surface area contributed by atoms with Crippen LogP contribution in [0.2, 0.25) is 10.0 Å². The van der Waals surface area contributed by atoms with E-state index in [1.807, 2.05) is 0 Å². The van der Waals surface area contributed by atoms with Gasteiger partial charge in [0, 0.05) is 22.2 Å². The fraction of sp³-hybridized carbons (Fsp3) is 0.417. The SMILES string of the molecule is NC1(C(=O)NCC(O)c2c(Cl)cccc2Cl)CC1. The molecule has 1 aromatic carbocycles. The van der Waals surface area contributed by atoms with Crippen LogP contribution in [0.3, 0.4) is 0 Å². The van der Waals surface area contributed by atoms with Gasteiger partial charge in [-0.25, -0.2) is 0 Å². The summed E-state index contributed by atoms with van der Waals surface area (Å²) in [6.45, 7) is 0.0429. The maximum Gasteiger partial charge on any atom is 0.240 e. The quantitative estimate of drug-likeness (QED) is 0.788. The van der Waals surface area contributed by atoms with Crippen molar-refractivity contribution in [3.63, 3.8) is 0 Å². The van der Waals surface area contributed by atoms with Crippen molar-refractivity contribution in [1.82, 2.24) is 5.32 Å². The second-order valence-corrected chi connectivity index (χ2v) is 5.33. The Labute approximate surface area is 115 Å². The molecule has 1 aliphatic rings. The second kappa shape index (κ2) is 5.05. The Kier molecular flexibility index (Phi) is 3.82. The van der Waals surface area contributed by atoms with Gasteiger partial charge in [-0.05, 0) is 25.0 Å². The molecule has 0 aromatic heterocycles. The molecule has 1 aromatic rings. The Bertz CT molecular complexity index is 455. The van der Waals surface area contributed by atoms with Crippen LogP contribution in [0.4, 0.5) is 0 Å². The van der Waals surface area contributed by atoms with E-state index in [9.17, 15) is 9.90 Å². The average molecular weight is 289 g/mol. The van der Waals surface area contributed by atoms with E-state index in [4.69, 9.17) is 28.9 Å². The summed E-state index contributed by atoms with van der Waals surface area (Å²) >= 11 is 11.9. The second-order valence-electron chi connectivity index (χ2n) is 4.52. The number of aliphatic hydroxyl groups is 1. The van der Waals surface area contributed by atoms with Gasteiger partial charge >= 0.3 is 0 Å². The summed E-state index contributed by atoms with van der Waals surface area (Å²) in [4.78, 5) is 11.6. The van der Waals surface area contributed by atoms with Crippen molar-refractivity contribution in [2.75, 3.05) is 6.54 Å². The van der Waals surface area contributed by atoms with Crippen molar-refractivity contribution >= 4 is 29.1 Å². The van der Waals surface area contributed by atoms with Crippen molar-refractivity contribution in [3.8, 4) is 0 Å². The lowest BCUT2D eigenvalue weighted by atomic mass is 10.1. The molecule has 1 fully saturated rings. The van der Waals surface area contributed by atoms with Crippen LogP contribution in [-0.2, 0) is 4.79 Å². The van der Waals surface area contributed by atoms with E-state index in [2.05, 4.69) is 5.32 Å². The van der Waals surface area contributed by atoms with Gasteiger partial charge in [0.05, 0.1) is 11.6 Å². The minimum Gasteiger partial charge on any atom is -0.386 e. The Hall–Kier alpha value is -0.810. The number of nitrogens with one attached hydrogen (secondary N) is 1. The van der Waals surface area contributed by atoms with Gasteiger partial charge in [0.2, 0.25) is 5.91 Å². The lowest BCUT2D eigenvalue weighted by Crippen LogP contribution is -2.44. The van der Waals surface area contributed by atoms with Crippen LogP contribution in [0.1, 0.15) is 24.5 Å². The maximum absolute atomic E-state index is 11.6. The maximum atomic E-state index is 11.6. The van der Waals surface area contributed by atoms with Crippen LogP contribution < -0.4 is 11.1 Å². The fourth-order valence-corrected chi connectivity index (χ4v) is 2.31. The molecule has 0 aliphatic heterocycles. The predicted molar refractivity (Wildman–Crippen MR) is 70.6 cm³/mol. The zero-order chi connectivity index (χ0) is 13.3. The van der Waals surface area contributed by atoms with Crippen LogP contribution in [0.25, 0.3) is 0 Å². The van der Waals surface area contributed by atoms with E-state index in [0.717, 1.165) is 0 Å². The van der Waals surface area contributed by atoms with Crippen molar-refractivity contribution < 1.29 is 9.90 Å². The first-order chi connectivity index (χ1) is 8.44. The van der Waals surface area contributed by atoms with Gasteiger partial charge in [-0.3, -0.25) is 4.79 Å². The number of hydrogen-bond donors (Lipinski definition) is 3. The molecule has 1 amide bonds. The monoisotopic (exact) mass is 288 g/mol. The number of carbonyl (C=O) groups excluding carboxylic acids is 1. The van der Waals surface area contributed by atoms with Crippen LogP contribution in [0.15, 0.2) is 18.2 Å². The topological polar surface area (TPSA) is 75.4 Å². The molecule has 98 valence electrons. The Morgan fingerprint density at radius 2 is 2.00 bits per heavy atom. The molecule has 18 heavy (non-hydrogen) atoms. The molecule has 1 atom stereocenters. The molecule has 0 saturated heterocycles. The van der Waals surface area contributed by atoms with Crippen molar-refractivity contribution in [1.29, 1.82) is 0 Å². The standard InChI is InChI=1S/C12H14Cl2N2O2/c13-7-2-1-3-8(14)10(7)9(17)6-16-11(18)12(15)4-5-12/h1-3,9,17H,4-6,15H2,(H,16,18). The van der Waals surface area contributed by atoms with Gasteiger partial charge < -0.3 is 16.2 Å². The lowest BCUT2D eigenvalue weighted by molar-refractivity contribution is -0.123. The van der Waals surface area contributed by atoms with Crippen molar-refractivity contribution in [2.45, 2.75) is 24.5 Å². The van der Waals surface area contributed by atoms with Gasteiger partial charge in [-0.2, -0.15) is 0 Å². The zero-order valence-corrected chi connectivity index (χ0v) is 11.1. The van der Waals surface area contributed by atoms with Gasteiger partial charge in [0.15, 0.2) is 0 Å². The minimum absolute atomic E-state index is 0.0429. The zero-order valence-electron chi connectivity index (χ0n) is 9.62. The Morgan fingerprint density at radius 1 is 1.44 bits per heavy atom. The molecule has 4 nitrogen and oxygen atoms in total. The minimum atomic E-state index is -0.947. The molecule has 0 bridgehead atoms. The van der Waals surface area contributed by atoms with Crippen molar-refractivity contribution in [2.24, 2.45) is 5.73 Å². The van der Waals surface area contributed by atoms with Crippen LogP contribution >= 0.6 is 23.2 Å². The number of aliphatic hydroxyl groups excluding tert-OH is 1. The van der Waals surface area contributed by atoms with Crippen LogP contribution in [-0.4, -0.2) is 23.1 Å². The number of halogens is 2. The molecule has 1 unspecified atom stereocenters. The Balaban J connectivity index is 1.99. The summed E-state index contributed by atoms with van der Waals surface area (Å²) in [6, 6.07) is 4.97. The highest BCUT2D eigenvalue weighted by Gasteiger charge is 2.45. The highest BCUT2D eigenvalue weighted by Crippen LogP contribution is 2.33. The average Bonchev–Trinajstić information content (AvgIpc) is 3.05. The fourth-order valence-electron chi connectivity index (χ4n) is 1.66. The molecule has 6 heteroatoms. The number of hydrogen-bond acceptors (Lipinski definition) is 3. The molecule has 0 spiro atoms. The van der Waals surface area contributed by atoms with Crippen LogP contribution in [0.5, 0.6) is 0 Å². The van der Waals surface area contributed by atoms with E-state index < -0.39 is 11.6 Å². The molecule has 1 aliphatic carbocycles. The number of nitrogens with two attached hydrogens (primary N) is 1. The largest absolute Gasteiger partial charge is 0.386 e. The first kappa shape index (κ1) is 13.6. The third-order valence-corrected chi connectivity index (χ3v) is 3.69. The van der Waals surface area contributed by atoms with E-state index in [1.54, 1.807) is 18.2 Å². The number of carbonyl (C=O) groups is 1. The van der Waals surface area contributed by atoms with Crippen molar-refractivity contribution in [3.05, 3.63) is 33.8 Å². The first-order valence-corrected chi connectivity index (χ1v) is 6.39. The van der Waals surface area contributed by atoms with Gasteiger partial charge in [0.25, 0.3) is 0 Å². The smallest absolute Gasteiger partial charge is 0.240 e. The molecule has 2 rings (SSSR count). The highest BCUT2D eigenvalue weighted by molar-refractivity contribution is 6.36. The Morgan fingerprint density at radius 3 is 2.50 bits per heavy atom. The van der Waals surface area contributed by atoms with Gasteiger partial charge in [0.1, 0.15) is 0 Å². The van der Waals surface area contributed by atoms with Gasteiger partial charge in [-0.1, -0.05) is 29.3 Å². The summed E-state index contributed by atoms with van der Waals surface area (Å²) in [5.74, 6) is -0.246. The van der Waals surface area contributed by atoms with Gasteiger partial charge in [-0.15, -0.1) is 0 Å². The normalized spacial score (nSPS) is 18.2. The predicted octanol–water partition coefficient (Wildman–Crippen LogP) is 1.63. The number of benzene rings is 1. The lowest BCUT2D eigenvalue weighted by Gasteiger charge is -2.16. The number of rotatable bonds is 4. The van der Waals surface area contributed by atoms with E-state index >= 15 is 0 Å². The molecule has 0 heterocycles. The summed E-state index contributed by atoms with van der Waals surface area (Å²) < 4.78 is 0. The molecule has 4 N–H and O–H groups in total. The summed E-state index contributed by atoms with van der Waals surface area (Å²) in [7, 11) is 0. The first-order valence-electron chi connectivity index (χ1n) is 5.63. The third-order valence-electron chi connectivity index (χ3n) is 3.03. The third kappa shape index (κ3) is 2.78. The highest BCUT2D eigenvalue weighted by atomic mass is 35.5. The van der Waals surface area contributed by atoms with Crippen LogP contribution in [0, 0.1) is 0 Å².